The minimum atomic E-state index is -1.73. The van der Waals surface area contributed by atoms with Crippen LogP contribution in [0.1, 0.15) is 53.4 Å². The van der Waals surface area contributed by atoms with E-state index in [2.05, 4.69) is 20.3 Å². The predicted molar refractivity (Wildman–Crippen MR) is 111 cm³/mol. The quantitative estimate of drug-likeness (QED) is 0.588. The Balaban J connectivity index is 1.61. The lowest BCUT2D eigenvalue weighted by atomic mass is 9.90. The van der Waals surface area contributed by atoms with Crippen molar-refractivity contribution >= 4 is 34.2 Å². The normalized spacial score (nSPS) is 16.0. The van der Waals surface area contributed by atoms with Crippen LogP contribution in [-0.2, 0) is 11.0 Å². The maximum absolute atomic E-state index is 12.4. The second kappa shape index (κ2) is 8.34. The maximum Gasteiger partial charge on any atom is 0.258 e. The van der Waals surface area contributed by atoms with Gasteiger partial charge in [0.2, 0.25) is 5.95 Å². The third kappa shape index (κ3) is 4.06. The number of anilines is 1. The van der Waals surface area contributed by atoms with E-state index in [9.17, 15) is 9.00 Å². The Bertz CT molecular complexity index is 994. The number of nitrogens with one attached hydrogen (secondary N) is 2. The zero-order valence-corrected chi connectivity index (χ0v) is 16.8. The number of aromatic nitrogens is 3. The molecule has 28 heavy (non-hydrogen) atoms. The maximum atomic E-state index is 12.4. The fourth-order valence-electron chi connectivity index (χ4n) is 3.50. The molecule has 0 bridgehead atoms. The van der Waals surface area contributed by atoms with Gasteiger partial charge in [-0.05, 0) is 25.0 Å². The fourth-order valence-corrected chi connectivity index (χ4v) is 5.33. The first-order valence-corrected chi connectivity index (χ1v) is 11.2. The van der Waals surface area contributed by atoms with Gasteiger partial charge < -0.3 is 4.98 Å². The van der Waals surface area contributed by atoms with Crippen molar-refractivity contribution in [1.82, 2.24) is 15.0 Å². The first-order valence-electron chi connectivity index (χ1n) is 9.19. The number of rotatable bonds is 5. The Morgan fingerprint density at radius 1 is 1.25 bits per heavy atom. The molecular formula is C19H21N5O2S2. The van der Waals surface area contributed by atoms with Crippen molar-refractivity contribution in [3.8, 4) is 10.4 Å². The molecule has 0 saturated heterocycles. The van der Waals surface area contributed by atoms with E-state index < -0.39 is 11.0 Å². The Morgan fingerprint density at radius 2 is 2.07 bits per heavy atom. The molecule has 0 aliphatic heterocycles. The number of hydrogen-bond donors (Lipinski definition) is 3. The van der Waals surface area contributed by atoms with E-state index in [-0.39, 0.29) is 5.91 Å². The molecule has 1 atom stereocenters. The van der Waals surface area contributed by atoms with E-state index in [1.54, 1.807) is 41.9 Å². The summed E-state index contributed by atoms with van der Waals surface area (Å²) in [6.07, 6.45) is 11.1. The van der Waals surface area contributed by atoms with Gasteiger partial charge in [0.25, 0.3) is 5.91 Å². The summed E-state index contributed by atoms with van der Waals surface area (Å²) in [4.78, 5) is 25.2. The van der Waals surface area contributed by atoms with Gasteiger partial charge in [-0.25, -0.2) is 19.3 Å². The number of hydrogen-bond acceptors (Lipinski definition) is 5. The van der Waals surface area contributed by atoms with Gasteiger partial charge in [0.15, 0.2) is 0 Å². The van der Waals surface area contributed by atoms with Crippen LogP contribution in [0.4, 0.5) is 5.95 Å². The van der Waals surface area contributed by atoms with Crippen LogP contribution in [0.2, 0.25) is 0 Å². The van der Waals surface area contributed by atoms with Gasteiger partial charge in [-0.2, -0.15) is 0 Å². The van der Waals surface area contributed by atoms with Crippen molar-refractivity contribution < 1.29 is 9.00 Å². The monoisotopic (exact) mass is 415 g/mol. The van der Waals surface area contributed by atoms with Gasteiger partial charge in [0.1, 0.15) is 11.0 Å². The number of nitrogens with two attached hydrogens (primary N) is 1. The average Bonchev–Trinajstić information content (AvgIpc) is 3.40. The Labute approximate surface area is 169 Å². The van der Waals surface area contributed by atoms with Crippen molar-refractivity contribution in [2.75, 3.05) is 5.32 Å². The standard InChI is InChI=1S/C19H21N5O2S2/c20-28(26)16-10-13(17(25)24-19-21-8-9-22-19)6-7-14(16)15-11-23-18(27-15)12-4-2-1-3-5-12/h6-12H,1-5,20H2,(H2,21,22,24,25). The number of carbonyl (C=O) groups is 1. The molecule has 1 unspecified atom stereocenters. The highest BCUT2D eigenvalue weighted by molar-refractivity contribution is 7.82. The van der Waals surface area contributed by atoms with Gasteiger partial charge in [-0.1, -0.05) is 25.3 Å². The van der Waals surface area contributed by atoms with Crippen molar-refractivity contribution in [2.45, 2.75) is 42.9 Å². The molecule has 0 radical (unpaired) electrons. The molecule has 1 fully saturated rings. The number of amides is 1. The molecule has 4 rings (SSSR count). The average molecular weight is 416 g/mol. The summed E-state index contributed by atoms with van der Waals surface area (Å²) in [5.74, 6) is 0.516. The number of benzene rings is 1. The van der Waals surface area contributed by atoms with Crippen LogP contribution < -0.4 is 10.5 Å². The summed E-state index contributed by atoms with van der Waals surface area (Å²) in [6, 6.07) is 5.06. The highest BCUT2D eigenvalue weighted by atomic mass is 32.2. The molecule has 1 aromatic carbocycles. The van der Waals surface area contributed by atoms with Gasteiger partial charge in [0, 0.05) is 35.6 Å². The van der Waals surface area contributed by atoms with Crippen LogP contribution in [0, 0.1) is 0 Å². The summed E-state index contributed by atoms with van der Waals surface area (Å²) in [7, 11) is -1.73. The van der Waals surface area contributed by atoms with E-state index in [1.165, 1.54) is 32.1 Å². The van der Waals surface area contributed by atoms with E-state index in [1.807, 2.05) is 6.20 Å². The molecule has 9 heteroatoms. The summed E-state index contributed by atoms with van der Waals surface area (Å²) < 4.78 is 12.2. The Kier molecular flexibility index (Phi) is 5.65. The fraction of sp³-hybridized carbons (Fsp3) is 0.316. The third-order valence-corrected chi connectivity index (χ3v) is 6.90. The number of thiazole rings is 1. The molecule has 3 aromatic rings. The van der Waals surface area contributed by atoms with Gasteiger partial charge in [-0.15, -0.1) is 11.3 Å². The summed E-state index contributed by atoms with van der Waals surface area (Å²) in [5, 5.41) is 9.50. The molecular weight excluding hydrogens is 394 g/mol. The highest BCUT2D eigenvalue weighted by Crippen LogP contribution is 2.38. The lowest BCUT2D eigenvalue weighted by Crippen LogP contribution is -2.14. The van der Waals surface area contributed by atoms with Gasteiger partial charge in [0.05, 0.1) is 14.8 Å². The summed E-state index contributed by atoms with van der Waals surface area (Å²) in [5.41, 5.74) is 1.13. The molecule has 146 valence electrons. The van der Waals surface area contributed by atoms with Gasteiger partial charge in [-0.3, -0.25) is 10.1 Å². The molecule has 1 aliphatic rings. The number of nitrogens with zero attached hydrogens (tertiary/aromatic N) is 2. The van der Waals surface area contributed by atoms with Crippen LogP contribution in [0.15, 0.2) is 41.7 Å². The zero-order chi connectivity index (χ0) is 19.5. The topological polar surface area (TPSA) is 114 Å². The number of H-pyrrole nitrogens is 1. The van der Waals surface area contributed by atoms with Crippen LogP contribution in [0.5, 0.6) is 0 Å². The van der Waals surface area contributed by atoms with Crippen LogP contribution in [0.3, 0.4) is 0 Å². The van der Waals surface area contributed by atoms with E-state index in [0.29, 0.717) is 22.3 Å². The molecule has 1 amide bonds. The summed E-state index contributed by atoms with van der Waals surface area (Å²) >= 11 is 1.63. The minimum Gasteiger partial charge on any atom is -0.331 e. The number of imidazole rings is 1. The van der Waals surface area contributed by atoms with Crippen molar-refractivity contribution in [3.63, 3.8) is 0 Å². The zero-order valence-electron chi connectivity index (χ0n) is 15.2. The molecule has 0 spiro atoms. The number of aromatic amines is 1. The van der Waals surface area contributed by atoms with E-state index >= 15 is 0 Å². The largest absolute Gasteiger partial charge is 0.331 e. The van der Waals surface area contributed by atoms with Crippen LogP contribution in [0.25, 0.3) is 10.4 Å². The van der Waals surface area contributed by atoms with Crippen LogP contribution >= 0.6 is 11.3 Å². The lowest BCUT2D eigenvalue weighted by molar-refractivity contribution is 0.102. The second-order valence-corrected chi connectivity index (χ2v) is 8.89. The van der Waals surface area contributed by atoms with Crippen molar-refractivity contribution in [3.05, 3.63) is 47.4 Å². The third-order valence-electron chi connectivity index (χ3n) is 4.93. The smallest absolute Gasteiger partial charge is 0.258 e. The molecule has 2 aromatic heterocycles. The summed E-state index contributed by atoms with van der Waals surface area (Å²) in [6.45, 7) is 0. The van der Waals surface area contributed by atoms with Crippen molar-refractivity contribution in [2.24, 2.45) is 5.14 Å². The predicted octanol–water partition coefficient (Wildman–Crippen LogP) is 3.81. The second-order valence-electron chi connectivity index (χ2n) is 6.80. The molecule has 1 saturated carbocycles. The van der Waals surface area contributed by atoms with Gasteiger partial charge >= 0.3 is 0 Å². The number of carbonyl (C=O) groups excluding carboxylic acids is 1. The molecule has 7 nitrogen and oxygen atoms in total. The molecule has 1 aliphatic carbocycles. The van der Waals surface area contributed by atoms with Crippen LogP contribution in [-0.4, -0.2) is 25.1 Å². The first-order chi connectivity index (χ1) is 13.6. The molecule has 4 N–H and O–H groups in total. The van der Waals surface area contributed by atoms with E-state index in [4.69, 9.17) is 5.14 Å². The minimum absolute atomic E-state index is 0.347. The Morgan fingerprint density at radius 3 is 2.79 bits per heavy atom. The first kappa shape index (κ1) is 19.0. The highest BCUT2D eigenvalue weighted by Gasteiger charge is 2.21. The lowest BCUT2D eigenvalue weighted by Gasteiger charge is -2.18. The van der Waals surface area contributed by atoms with E-state index in [0.717, 1.165) is 15.4 Å². The van der Waals surface area contributed by atoms with Crippen molar-refractivity contribution in [1.29, 1.82) is 0 Å². The Hall–Kier alpha value is -2.36. The molecule has 2 heterocycles. The SMILES string of the molecule is NS(=O)c1cc(C(=O)Nc2ncc[nH]2)ccc1-c1cnc(C2CCCCC2)s1.